The Bertz CT molecular complexity index is 1700. The lowest BCUT2D eigenvalue weighted by Gasteiger charge is -2.41. The number of hydrogen-bond acceptors (Lipinski definition) is 3. The van der Waals surface area contributed by atoms with Gasteiger partial charge in [-0.1, -0.05) is 90.7 Å². The van der Waals surface area contributed by atoms with Crippen molar-refractivity contribution in [2.75, 3.05) is 6.54 Å². The Balaban J connectivity index is 1.32. The summed E-state index contributed by atoms with van der Waals surface area (Å²) in [6, 6.07) is 16.3. The minimum absolute atomic E-state index is 0.00546. The van der Waals surface area contributed by atoms with Crippen molar-refractivity contribution in [1.82, 2.24) is 4.90 Å². The highest BCUT2D eigenvalue weighted by Gasteiger charge is 2.54. The van der Waals surface area contributed by atoms with Crippen LogP contribution in [0.1, 0.15) is 61.6 Å². The number of halogens is 2. The number of ketones is 1. The van der Waals surface area contributed by atoms with Crippen molar-refractivity contribution in [2.45, 2.75) is 56.9 Å². The van der Waals surface area contributed by atoms with Crippen molar-refractivity contribution in [1.29, 1.82) is 0 Å². The van der Waals surface area contributed by atoms with Gasteiger partial charge in [0.15, 0.2) is 5.78 Å². The van der Waals surface area contributed by atoms with Gasteiger partial charge in [0.1, 0.15) is 5.70 Å². The average Bonchev–Trinajstić information content (AvgIpc) is 3.85. The van der Waals surface area contributed by atoms with E-state index in [1.807, 2.05) is 18.2 Å². The fourth-order valence-electron chi connectivity index (χ4n) is 7.36. The Morgan fingerprint density at radius 2 is 1.78 bits per heavy atom. The van der Waals surface area contributed by atoms with E-state index in [0.717, 1.165) is 65.2 Å². The summed E-state index contributed by atoms with van der Waals surface area (Å²) in [5.41, 5.74) is 7.69. The van der Waals surface area contributed by atoms with Crippen molar-refractivity contribution in [3.8, 4) is 0 Å². The molecule has 2 radical (unpaired) electrons. The normalized spacial score (nSPS) is 25.0. The number of allylic oxidation sites excluding steroid dienone is 6. The molecule has 1 saturated carbocycles. The second-order valence-electron chi connectivity index (χ2n) is 12.9. The van der Waals surface area contributed by atoms with Gasteiger partial charge in [0, 0.05) is 54.8 Å². The Hall–Kier alpha value is -4.19. The van der Waals surface area contributed by atoms with E-state index in [-0.39, 0.29) is 29.2 Å². The highest BCUT2D eigenvalue weighted by molar-refractivity contribution is 6.05. The predicted molar refractivity (Wildman–Crippen MR) is 173 cm³/mol. The lowest BCUT2D eigenvalue weighted by molar-refractivity contribution is -0.487. The second kappa shape index (κ2) is 11.3. The molecular weight excluding hydrogens is 564 g/mol. The van der Waals surface area contributed by atoms with Crippen LogP contribution in [0.5, 0.6) is 0 Å². The molecule has 228 valence electrons. The summed E-state index contributed by atoms with van der Waals surface area (Å²) in [4.78, 5) is 15.6. The first kappa shape index (κ1) is 29.5. The van der Waals surface area contributed by atoms with Gasteiger partial charge in [-0.2, -0.15) is 0 Å². The molecule has 2 aliphatic heterocycles. The number of nitrogens with zero attached hydrogens (tertiary/aromatic N) is 3. The third kappa shape index (κ3) is 5.38. The largest absolute Gasteiger partial charge is 0.364 e. The van der Waals surface area contributed by atoms with Gasteiger partial charge in [0.25, 0.3) is 12.0 Å². The topological polar surface area (TPSA) is 35.7 Å². The van der Waals surface area contributed by atoms with Gasteiger partial charge in [0.05, 0.1) is 18.0 Å². The number of likely N-dealkylation sites (tertiary alicyclic amines) is 1. The van der Waals surface area contributed by atoms with Crippen molar-refractivity contribution in [3.63, 3.8) is 0 Å². The number of piperidine rings is 1. The minimum atomic E-state index is -2.91. The minimum Gasteiger partial charge on any atom is -0.364 e. The van der Waals surface area contributed by atoms with Crippen molar-refractivity contribution >= 4 is 17.2 Å². The van der Waals surface area contributed by atoms with Crippen molar-refractivity contribution < 1.29 is 18.3 Å². The molecule has 3 aliphatic carbocycles. The van der Waals surface area contributed by atoms with Crippen LogP contribution in [0.25, 0.3) is 5.70 Å². The standard InChI is InChI=1S/C39H38F2N3O/c1-5-24(2)29-22-33(32-8-6-7-9-36(32)45)38-37-34(44(42-38)31-18-14-28(15-19-31)27-10-11-27)20-21-43(35(37)23-29)25(3)26-12-16-30(17-13-26)39(4,40)41/h5-9,12-19,27,29,33,35H,1-3,10-11,20-23H2,4H3/q+1. The molecule has 2 heterocycles. The number of Topliss-reactive ketones (excluding diaryl/α,β-unsaturated/α-hetero) is 1. The SMILES string of the molecule is C=CC(=C)C1CC(C2=CC=C[CH]C2=O)C2=C3[C](CCN(C(=C)c4ccc(C(C)(F)F)cc4)C3C1)[N+](c1ccc(C3CC3)cc1)=N2. The van der Waals surface area contributed by atoms with Crippen LogP contribution in [0.4, 0.5) is 14.5 Å². The van der Waals surface area contributed by atoms with Crippen LogP contribution in [0.15, 0.2) is 120 Å². The highest BCUT2D eigenvalue weighted by Crippen LogP contribution is 2.53. The number of carbonyl (C=O) groups excluding carboxylic acids is 1. The number of hydrogen-bond donors (Lipinski definition) is 0. The summed E-state index contributed by atoms with van der Waals surface area (Å²) in [6.07, 6.45) is 13.8. The number of rotatable bonds is 8. The monoisotopic (exact) mass is 602 g/mol. The molecule has 0 aromatic heterocycles. The second-order valence-corrected chi connectivity index (χ2v) is 12.9. The number of alkyl halides is 2. The third-order valence-corrected chi connectivity index (χ3v) is 10.0. The summed E-state index contributed by atoms with van der Waals surface area (Å²) in [7, 11) is 0. The quantitative estimate of drug-likeness (QED) is 0.223. The maximum atomic E-state index is 14.0. The van der Waals surface area contributed by atoms with E-state index in [9.17, 15) is 13.6 Å². The van der Waals surface area contributed by atoms with Crippen LogP contribution in [0, 0.1) is 24.3 Å². The molecule has 0 bridgehead atoms. The number of benzene rings is 2. The first-order chi connectivity index (χ1) is 21.6. The van der Waals surface area contributed by atoms with Gasteiger partial charge in [0.2, 0.25) is 5.69 Å². The Labute approximate surface area is 264 Å². The lowest BCUT2D eigenvalue weighted by atomic mass is 9.80. The van der Waals surface area contributed by atoms with Gasteiger partial charge in [-0.15, -0.1) is 0 Å². The Kier molecular flexibility index (Phi) is 7.42. The van der Waals surface area contributed by atoms with E-state index in [2.05, 4.69) is 53.6 Å². The van der Waals surface area contributed by atoms with Gasteiger partial charge >= 0.3 is 0 Å². The van der Waals surface area contributed by atoms with Gasteiger partial charge < -0.3 is 4.90 Å². The van der Waals surface area contributed by atoms with Crippen molar-refractivity contribution in [3.05, 3.63) is 144 Å². The molecule has 0 amide bonds. The first-order valence-corrected chi connectivity index (χ1v) is 15.9. The maximum Gasteiger partial charge on any atom is 0.291 e. The highest BCUT2D eigenvalue weighted by atomic mass is 19.3. The molecule has 3 unspecified atom stereocenters. The summed E-state index contributed by atoms with van der Waals surface area (Å²) in [5.74, 6) is -2.40. The lowest BCUT2D eigenvalue weighted by Crippen LogP contribution is -2.44. The van der Waals surface area contributed by atoms with Gasteiger partial charge in [-0.3, -0.25) is 4.79 Å². The first-order valence-electron chi connectivity index (χ1n) is 15.9. The Morgan fingerprint density at radius 1 is 1.04 bits per heavy atom. The zero-order valence-electron chi connectivity index (χ0n) is 25.7. The summed E-state index contributed by atoms with van der Waals surface area (Å²) >= 11 is 0. The van der Waals surface area contributed by atoms with Crippen LogP contribution in [0.3, 0.4) is 0 Å². The number of carbonyl (C=O) groups is 1. The average molecular weight is 603 g/mol. The molecule has 6 heteroatoms. The molecule has 2 fully saturated rings. The maximum absolute atomic E-state index is 14.0. The summed E-state index contributed by atoms with van der Waals surface area (Å²) < 4.78 is 30.1. The molecule has 7 rings (SSSR count). The van der Waals surface area contributed by atoms with Crippen LogP contribution in [-0.2, 0) is 10.7 Å². The van der Waals surface area contributed by atoms with E-state index in [4.69, 9.17) is 5.11 Å². The number of azo groups is 2. The molecule has 5 aliphatic rings. The molecule has 0 spiro atoms. The van der Waals surface area contributed by atoms with Crippen LogP contribution in [0.2, 0.25) is 0 Å². The summed E-state index contributed by atoms with van der Waals surface area (Å²) in [6.45, 7) is 14.5. The smallest absolute Gasteiger partial charge is 0.291 e. The molecule has 4 nitrogen and oxygen atoms in total. The summed E-state index contributed by atoms with van der Waals surface area (Å²) in [5, 5.41) is 5.34. The van der Waals surface area contributed by atoms with E-state index in [1.165, 1.54) is 30.5 Å². The van der Waals surface area contributed by atoms with E-state index >= 15 is 0 Å². The van der Waals surface area contributed by atoms with E-state index in [1.54, 1.807) is 24.6 Å². The van der Waals surface area contributed by atoms with Gasteiger partial charge in [-0.05, 0) is 53.8 Å². The third-order valence-electron chi connectivity index (χ3n) is 10.0. The Morgan fingerprint density at radius 3 is 2.42 bits per heavy atom. The van der Waals surface area contributed by atoms with Gasteiger partial charge in [-0.25, -0.2) is 8.78 Å². The van der Waals surface area contributed by atoms with Crippen LogP contribution >= 0.6 is 0 Å². The van der Waals surface area contributed by atoms with E-state index in [0.29, 0.717) is 18.9 Å². The fourth-order valence-corrected chi connectivity index (χ4v) is 7.36. The van der Waals surface area contributed by atoms with Crippen LogP contribution in [-0.4, -0.2) is 28.0 Å². The molecule has 3 atom stereocenters. The molecule has 1 saturated heterocycles. The molecule has 0 N–H and O–H groups in total. The zero-order chi connectivity index (χ0) is 31.5. The molecule has 2 aromatic rings. The van der Waals surface area contributed by atoms with Crippen molar-refractivity contribution in [2.24, 2.45) is 17.0 Å². The predicted octanol–water partition coefficient (Wildman–Crippen LogP) is 9.35. The molecule has 2 aromatic carbocycles. The van der Waals surface area contributed by atoms with Crippen LogP contribution < -0.4 is 0 Å². The molecular formula is C39H38F2N3O+. The molecule has 45 heavy (non-hydrogen) atoms. The van der Waals surface area contributed by atoms with E-state index < -0.39 is 5.92 Å². The fraction of sp³-hybridized carbons (Fsp3) is 0.308. The zero-order valence-corrected chi connectivity index (χ0v) is 25.7.